The summed E-state index contributed by atoms with van der Waals surface area (Å²) in [4.78, 5) is 0. The van der Waals surface area contributed by atoms with Gasteiger partial charge in [-0.05, 0) is 24.6 Å². The van der Waals surface area contributed by atoms with E-state index in [2.05, 4.69) is 37.4 Å². The lowest BCUT2D eigenvalue weighted by atomic mass is 9.89. The molecule has 1 heterocycles. The average molecular weight is 289 g/mol. The van der Waals surface area contributed by atoms with Crippen LogP contribution in [0.15, 0.2) is 30.5 Å². The van der Waals surface area contributed by atoms with Gasteiger partial charge in [0, 0.05) is 30.8 Å². The van der Waals surface area contributed by atoms with E-state index in [9.17, 15) is 4.39 Å². The number of aryl methyl sites for hydroxylation is 1. The van der Waals surface area contributed by atoms with E-state index < -0.39 is 0 Å². The number of nitrogens with zero attached hydrogens (tertiary/aromatic N) is 2. The predicted molar refractivity (Wildman–Crippen MR) is 83.7 cm³/mol. The van der Waals surface area contributed by atoms with E-state index in [0.717, 1.165) is 24.3 Å². The second-order valence-electron chi connectivity index (χ2n) is 6.44. The molecular formula is C17H24FN3. The Balaban J connectivity index is 1.91. The molecule has 21 heavy (non-hydrogen) atoms. The third kappa shape index (κ3) is 4.14. The van der Waals surface area contributed by atoms with Crippen molar-refractivity contribution >= 4 is 0 Å². The molecule has 0 bridgehead atoms. The zero-order chi connectivity index (χ0) is 15.5. The number of nitrogens with one attached hydrogen (secondary N) is 1. The Labute approximate surface area is 126 Å². The molecule has 1 aromatic heterocycles. The molecule has 2 rings (SSSR count). The van der Waals surface area contributed by atoms with Gasteiger partial charge in [0.05, 0.1) is 5.69 Å². The van der Waals surface area contributed by atoms with Crippen LogP contribution in [0, 0.1) is 5.82 Å². The molecule has 0 unspecified atom stereocenters. The molecule has 0 saturated carbocycles. The van der Waals surface area contributed by atoms with Crippen LogP contribution in [0.4, 0.5) is 4.39 Å². The molecule has 114 valence electrons. The highest BCUT2D eigenvalue weighted by atomic mass is 19.1. The lowest BCUT2D eigenvalue weighted by molar-refractivity contribution is 0.543. The first kappa shape index (κ1) is 15.7. The van der Waals surface area contributed by atoms with E-state index in [0.29, 0.717) is 6.42 Å². The lowest BCUT2D eigenvalue weighted by Gasteiger charge is -2.17. The molecule has 0 aliphatic rings. The van der Waals surface area contributed by atoms with Gasteiger partial charge in [-0.1, -0.05) is 39.0 Å². The van der Waals surface area contributed by atoms with Crippen molar-refractivity contribution in [3.63, 3.8) is 0 Å². The Morgan fingerprint density at radius 1 is 1.19 bits per heavy atom. The average Bonchev–Trinajstić information content (AvgIpc) is 2.78. The molecule has 1 N–H and O–H groups in total. The van der Waals surface area contributed by atoms with Crippen LogP contribution in [0.25, 0.3) is 0 Å². The van der Waals surface area contributed by atoms with Gasteiger partial charge in [0.15, 0.2) is 0 Å². The summed E-state index contributed by atoms with van der Waals surface area (Å²) < 4.78 is 15.4. The molecule has 2 aromatic rings. The molecule has 0 spiro atoms. The first-order valence-electron chi connectivity index (χ1n) is 7.35. The molecule has 4 heteroatoms. The van der Waals surface area contributed by atoms with Crippen molar-refractivity contribution < 1.29 is 4.39 Å². The summed E-state index contributed by atoms with van der Waals surface area (Å²) in [5.41, 5.74) is 3.11. The molecule has 0 fully saturated rings. The lowest BCUT2D eigenvalue weighted by Crippen LogP contribution is -2.21. The van der Waals surface area contributed by atoms with Gasteiger partial charge in [-0.25, -0.2) is 4.39 Å². The van der Waals surface area contributed by atoms with E-state index in [1.54, 1.807) is 6.07 Å². The summed E-state index contributed by atoms with van der Waals surface area (Å²) in [6.45, 7) is 8.00. The third-order valence-corrected chi connectivity index (χ3v) is 3.46. The topological polar surface area (TPSA) is 29.9 Å². The van der Waals surface area contributed by atoms with Crippen LogP contribution < -0.4 is 5.32 Å². The Morgan fingerprint density at radius 2 is 1.90 bits per heavy atom. The first-order chi connectivity index (χ1) is 9.88. The Morgan fingerprint density at radius 3 is 2.57 bits per heavy atom. The van der Waals surface area contributed by atoms with Crippen molar-refractivity contribution in [1.82, 2.24) is 15.1 Å². The summed E-state index contributed by atoms with van der Waals surface area (Å²) in [7, 11) is 1.94. The van der Waals surface area contributed by atoms with Gasteiger partial charge in [-0.2, -0.15) is 5.10 Å². The number of halogens is 1. The predicted octanol–water partition coefficient (Wildman–Crippen LogP) is 3.19. The molecule has 0 amide bonds. The van der Waals surface area contributed by atoms with Crippen LogP contribution in [0.1, 0.15) is 37.6 Å². The molecule has 1 aromatic carbocycles. The van der Waals surface area contributed by atoms with Crippen LogP contribution in [-0.4, -0.2) is 16.3 Å². The summed E-state index contributed by atoms with van der Waals surface area (Å²) in [6.07, 6.45) is 2.74. The molecule has 3 nitrogen and oxygen atoms in total. The number of aromatic nitrogens is 2. The molecule has 0 aliphatic heterocycles. The minimum atomic E-state index is -0.129. The largest absolute Gasteiger partial charge is 0.312 e. The van der Waals surface area contributed by atoms with E-state index in [1.165, 1.54) is 11.6 Å². The standard InChI is InChI=1S/C17H24FN3/c1-17(2,3)16-14(12-21(4)20-16)11-19-10-9-13-7-5-6-8-15(13)18/h5-8,12,19H,9-11H2,1-4H3. The van der Waals surface area contributed by atoms with Crippen LogP contribution >= 0.6 is 0 Å². The fourth-order valence-electron chi connectivity index (χ4n) is 2.45. The van der Waals surface area contributed by atoms with E-state index in [-0.39, 0.29) is 11.2 Å². The quantitative estimate of drug-likeness (QED) is 0.857. The SMILES string of the molecule is Cn1cc(CNCCc2ccccc2F)c(C(C)(C)C)n1. The molecule has 0 radical (unpaired) electrons. The van der Waals surface area contributed by atoms with E-state index in [1.807, 2.05) is 23.9 Å². The molecule has 0 aliphatic carbocycles. The molecule has 0 atom stereocenters. The number of rotatable bonds is 5. The first-order valence-corrected chi connectivity index (χ1v) is 7.35. The van der Waals surface area contributed by atoms with Gasteiger partial charge in [-0.15, -0.1) is 0 Å². The Hall–Kier alpha value is -1.68. The van der Waals surface area contributed by atoms with Crippen LogP contribution in [0.5, 0.6) is 0 Å². The Bertz CT molecular complexity index is 596. The van der Waals surface area contributed by atoms with Crippen LogP contribution in [-0.2, 0) is 25.4 Å². The van der Waals surface area contributed by atoms with Crippen LogP contribution in [0.3, 0.4) is 0 Å². The van der Waals surface area contributed by atoms with Crippen LogP contribution in [0.2, 0.25) is 0 Å². The van der Waals surface area contributed by atoms with Gasteiger partial charge in [0.25, 0.3) is 0 Å². The van der Waals surface area contributed by atoms with Crippen molar-refractivity contribution in [2.75, 3.05) is 6.54 Å². The van der Waals surface area contributed by atoms with Gasteiger partial charge < -0.3 is 5.32 Å². The zero-order valence-electron chi connectivity index (χ0n) is 13.3. The molecule has 0 saturated heterocycles. The van der Waals surface area contributed by atoms with E-state index >= 15 is 0 Å². The fraction of sp³-hybridized carbons (Fsp3) is 0.471. The van der Waals surface area contributed by atoms with Crippen molar-refractivity contribution in [3.8, 4) is 0 Å². The summed E-state index contributed by atoms with van der Waals surface area (Å²) in [6, 6.07) is 6.94. The van der Waals surface area contributed by atoms with Gasteiger partial charge in [0.2, 0.25) is 0 Å². The second kappa shape index (κ2) is 6.39. The smallest absolute Gasteiger partial charge is 0.126 e. The molecular weight excluding hydrogens is 265 g/mol. The number of hydrogen-bond donors (Lipinski definition) is 1. The maximum Gasteiger partial charge on any atom is 0.126 e. The van der Waals surface area contributed by atoms with Gasteiger partial charge in [-0.3, -0.25) is 4.68 Å². The zero-order valence-corrected chi connectivity index (χ0v) is 13.3. The highest BCUT2D eigenvalue weighted by Crippen LogP contribution is 2.23. The van der Waals surface area contributed by atoms with Crippen molar-refractivity contribution in [3.05, 3.63) is 53.1 Å². The second-order valence-corrected chi connectivity index (χ2v) is 6.44. The summed E-state index contributed by atoms with van der Waals surface area (Å²) >= 11 is 0. The number of hydrogen-bond acceptors (Lipinski definition) is 2. The van der Waals surface area contributed by atoms with Crippen molar-refractivity contribution in [2.24, 2.45) is 7.05 Å². The van der Waals surface area contributed by atoms with E-state index in [4.69, 9.17) is 0 Å². The summed E-state index contributed by atoms with van der Waals surface area (Å²) in [5, 5.41) is 7.93. The fourth-order valence-corrected chi connectivity index (χ4v) is 2.45. The Kier molecular flexibility index (Phi) is 4.78. The minimum absolute atomic E-state index is 0.0316. The monoisotopic (exact) mass is 289 g/mol. The number of benzene rings is 1. The van der Waals surface area contributed by atoms with Gasteiger partial charge >= 0.3 is 0 Å². The minimum Gasteiger partial charge on any atom is -0.312 e. The van der Waals surface area contributed by atoms with Crippen molar-refractivity contribution in [1.29, 1.82) is 0 Å². The highest BCUT2D eigenvalue weighted by Gasteiger charge is 2.21. The maximum absolute atomic E-state index is 13.5. The van der Waals surface area contributed by atoms with Crippen molar-refractivity contribution in [2.45, 2.75) is 39.2 Å². The highest BCUT2D eigenvalue weighted by molar-refractivity contribution is 5.24. The third-order valence-electron chi connectivity index (χ3n) is 3.46. The van der Waals surface area contributed by atoms with Gasteiger partial charge in [0.1, 0.15) is 5.82 Å². The maximum atomic E-state index is 13.5. The normalized spacial score (nSPS) is 11.9. The summed E-state index contributed by atoms with van der Waals surface area (Å²) in [5.74, 6) is -0.129.